The van der Waals surface area contributed by atoms with Crippen molar-refractivity contribution in [2.45, 2.75) is 25.9 Å². The molecule has 2 aliphatic heterocycles. The third-order valence-corrected chi connectivity index (χ3v) is 6.32. The van der Waals surface area contributed by atoms with Crippen molar-refractivity contribution in [2.24, 2.45) is 4.99 Å². The summed E-state index contributed by atoms with van der Waals surface area (Å²) in [6, 6.07) is 5.14. The van der Waals surface area contributed by atoms with Gasteiger partial charge >= 0.3 is 0 Å². The average molecular weight is 538 g/mol. The van der Waals surface area contributed by atoms with Crippen LogP contribution >= 0.6 is 35.3 Å². The Bertz CT molecular complexity index is 577. The van der Waals surface area contributed by atoms with Gasteiger partial charge in [-0.2, -0.15) is 0 Å². The second-order valence-electron chi connectivity index (χ2n) is 7.28. The minimum absolute atomic E-state index is 0. The first-order valence-corrected chi connectivity index (χ1v) is 11.3. The molecule has 2 saturated heterocycles. The summed E-state index contributed by atoms with van der Waals surface area (Å²) >= 11 is 1.83. The van der Waals surface area contributed by atoms with Crippen molar-refractivity contribution in [2.75, 3.05) is 72.2 Å². The maximum absolute atomic E-state index is 5.55. The Balaban J connectivity index is 0.00000300. The average Bonchev–Trinajstić information content (AvgIpc) is 3.28. The van der Waals surface area contributed by atoms with Gasteiger partial charge in [-0.25, -0.2) is 0 Å². The Morgan fingerprint density at radius 2 is 1.76 bits per heavy atom. The van der Waals surface area contributed by atoms with Crippen LogP contribution in [0.5, 0.6) is 0 Å². The Hall–Kier alpha value is -0.460. The molecule has 0 aliphatic carbocycles. The molecular formula is C20H36IN5O2S. The number of hydrogen-bond acceptors (Lipinski definition) is 6. The molecule has 0 aromatic carbocycles. The standard InChI is InChI=1S/C20H35N5O2S.HI/c1-3-21-20(22-15-17(2)24-6-10-26-11-7-24)23-16-18(19-5-4-14-28-19)25-8-12-27-13-9-25;/h4-5,14,17-18H,3,6-13,15-16H2,1-2H3,(H2,21,22,23);1H. The molecule has 0 amide bonds. The van der Waals surface area contributed by atoms with Crippen molar-refractivity contribution in [3.8, 4) is 0 Å². The van der Waals surface area contributed by atoms with Crippen LogP contribution in [0.15, 0.2) is 22.5 Å². The zero-order valence-corrected chi connectivity index (χ0v) is 20.8. The summed E-state index contributed by atoms with van der Waals surface area (Å²) in [5, 5.41) is 9.14. The van der Waals surface area contributed by atoms with E-state index in [-0.39, 0.29) is 24.0 Å². The van der Waals surface area contributed by atoms with E-state index in [4.69, 9.17) is 14.5 Å². The molecule has 3 heterocycles. The molecule has 29 heavy (non-hydrogen) atoms. The van der Waals surface area contributed by atoms with Gasteiger partial charge in [0.05, 0.1) is 39.0 Å². The maximum Gasteiger partial charge on any atom is 0.191 e. The lowest BCUT2D eigenvalue weighted by Gasteiger charge is -2.34. The quantitative estimate of drug-likeness (QED) is 0.301. The maximum atomic E-state index is 5.55. The number of halogens is 1. The van der Waals surface area contributed by atoms with Gasteiger partial charge in [0.25, 0.3) is 0 Å². The molecule has 0 saturated carbocycles. The number of aliphatic imine (C=N–C) groups is 1. The molecule has 0 radical (unpaired) electrons. The van der Waals surface area contributed by atoms with Crippen LogP contribution in [0, 0.1) is 0 Å². The molecule has 0 spiro atoms. The number of ether oxygens (including phenoxy) is 2. The summed E-state index contributed by atoms with van der Waals surface area (Å²) in [4.78, 5) is 11.2. The van der Waals surface area contributed by atoms with E-state index in [1.165, 1.54) is 4.88 Å². The highest BCUT2D eigenvalue weighted by atomic mass is 127. The number of nitrogens with zero attached hydrogens (tertiary/aromatic N) is 3. The second kappa shape index (κ2) is 13.8. The first kappa shape index (κ1) is 24.8. The highest BCUT2D eigenvalue weighted by Crippen LogP contribution is 2.25. The Morgan fingerprint density at radius 3 is 2.34 bits per heavy atom. The number of morpholine rings is 2. The zero-order chi connectivity index (χ0) is 19.6. The molecule has 166 valence electrons. The summed E-state index contributed by atoms with van der Waals surface area (Å²) in [7, 11) is 0. The molecular weight excluding hydrogens is 501 g/mol. The van der Waals surface area contributed by atoms with Gasteiger partial charge in [-0.1, -0.05) is 6.07 Å². The van der Waals surface area contributed by atoms with Crippen LogP contribution < -0.4 is 10.6 Å². The number of thiophene rings is 1. The summed E-state index contributed by atoms with van der Waals surface area (Å²) < 4.78 is 11.0. The van der Waals surface area contributed by atoms with E-state index in [0.29, 0.717) is 12.1 Å². The van der Waals surface area contributed by atoms with Gasteiger partial charge < -0.3 is 20.1 Å². The third kappa shape index (κ3) is 7.95. The van der Waals surface area contributed by atoms with Crippen LogP contribution in [0.4, 0.5) is 0 Å². The van der Waals surface area contributed by atoms with Crippen LogP contribution in [0.3, 0.4) is 0 Å². The zero-order valence-electron chi connectivity index (χ0n) is 17.6. The van der Waals surface area contributed by atoms with Crippen molar-refractivity contribution in [1.82, 2.24) is 20.4 Å². The van der Waals surface area contributed by atoms with E-state index in [1.807, 2.05) is 11.3 Å². The molecule has 1 aromatic rings. The van der Waals surface area contributed by atoms with Crippen LogP contribution in [-0.4, -0.2) is 94.0 Å². The Morgan fingerprint density at radius 1 is 1.10 bits per heavy atom. The fourth-order valence-corrected chi connectivity index (χ4v) is 4.53. The van der Waals surface area contributed by atoms with E-state index in [0.717, 1.165) is 78.2 Å². The van der Waals surface area contributed by atoms with Crippen LogP contribution in [0.1, 0.15) is 24.8 Å². The second-order valence-corrected chi connectivity index (χ2v) is 8.26. The minimum Gasteiger partial charge on any atom is -0.379 e. The van der Waals surface area contributed by atoms with E-state index in [2.05, 4.69) is 51.8 Å². The number of guanidine groups is 1. The highest BCUT2D eigenvalue weighted by Gasteiger charge is 2.24. The van der Waals surface area contributed by atoms with Crippen molar-refractivity contribution < 1.29 is 9.47 Å². The number of rotatable bonds is 8. The molecule has 3 rings (SSSR count). The summed E-state index contributed by atoms with van der Waals surface area (Å²) in [5.41, 5.74) is 0. The number of hydrogen-bond donors (Lipinski definition) is 2. The highest BCUT2D eigenvalue weighted by molar-refractivity contribution is 14.0. The third-order valence-electron chi connectivity index (χ3n) is 5.35. The van der Waals surface area contributed by atoms with Gasteiger partial charge in [-0.3, -0.25) is 14.8 Å². The lowest BCUT2D eigenvalue weighted by atomic mass is 10.2. The molecule has 9 heteroatoms. The van der Waals surface area contributed by atoms with E-state index >= 15 is 0 Å². The summed E-state index contributed by atoms with van der Waals surface area (Å²) in [6.07, 6.45) is 0. The number of nitrogens with one attached hydrogen (secondary N) is 2. The Kier molecular flexibility index (Phi) is 11.8. The first-order chi connectivity index (χ1) is 13.8. The Labute approximate surface area is 196 Å². The SMILES string of the molecule is CCNC(=NCC(C)N1CCOCC1)NCC(c1cccs1)N1CCOCC1.I. The van der Waals surface area contributed by atoms with Crippen LogP contribution in [-0.2, 0) is 9.47 Å². The van der Waals surface area contributed by atoms with Gasteiger partial charge in [0.15, 0.2) is 5.96 Å². The molecule has 2 unspecified atom stereocenters. The molecule has 2 atom stereocenters. The van der Waals surface area contributed by atoms with Crippen molar-refractivity contribution in [3.63, 3.8) is 0 Å². The smallest absolute Gasteiger partial charge is 0.191 e. The van der Waals surface area contributed by atoms with E-state index < -0.39 is 0 Å². The lowest BCUT2D eigenvalue weighted by Crippen LogP contribution is -2.47. The molecule has 1 aromatic heterocycles. The van der Waals surface area contributed by atoms with Crippen molar-refractivity contribution >= 4 is 41.3 Å². The molecule has 0 bridgehead atoms. The van der Waals surface area contributed by atoms with Crippen LogP contribution in [0.25, 0.3) is 0 Å². The molecule has 2 fully saturated rings. The fraction of sp³-hybridized carbons (Fsp3) is 0.750. The van der Waals surface area contributed by atoms with Crippen molar-refractivity contribution in [1.29, 1.82) is 0 Å². The largest absolute Gasteiger partial charge is 0.379 e. The van der Waals surface area contributed by atoms with Gasteiger partial charge in [-0.15, -0.1) is 35.3 Å². The molecule has 2 aliphatic rings. The van der Waals surface area contributed by atoms with E-state index in [1.54, 1.807) is 0 Å². The van der Waals surface area contributed by atoms with E-state index in [9.17, 15) is 0 Å². The van der Waals surface area contributed by atoms with Gasteiger partial charge in [-0.05, 0) is 25.3 Å². The normalized spacial score (nSPS) is 21.2. The van der Waals surface area contributed by atoms with Gasteiger partial charge in [0.1, 0.15) is 0 Å². The van der Waals surface area contributed by atoms with Crippen molar-refractivity contribution in [3.05, 3.63) is 22.4 Å². The predicted octanol–water partition coefficient (Wildman–Crippen LogP) is 2.02. The van der Waals surface area contributed by atoms with Gasteiger partial charge in [0.2, 0.25) is 0 Å². The minimum atomic E-state index is 0. The van der Waals surface area contributed by atoms with Gasteiger partial charge in [0, 0.05) is 50.2 Å². The summed E-state index contributed by atoms with van der Waals surface area (Å²) in [6.45, 7) is 14.1. The fourth-order valence-electron chi connectivity index (χ4n) is 3.67. The molecule has 7 nitrogen and oxygen atoms in total. The molecule has 2 N–H and O–H groups in total. The monoisotopic (exact) mass is 537 g/mol. The first-order valence-electron chi connectivity index (χ1n) is 10.5. The topological polar surface area (TPSA) is 61.4 Å². The lowest BCUT2D eigenvalue weighted by molar-refractivity contribution is 0.0176. The van der Waals surface area contributed by atoms with Crippen LogP contribution in [0.2, 0.25) is 0 Å². The summed E-state index contributed by atoms with van der Waals surface area (Å²) in [5.74, 6) is 0.900. The predicted molar refractivity (Wildman–Crippen MR) is 131 cm³/mol.